The highest BCUT2D eigenvalue weighted by Gasteiger charge is 2.23. The number of halogens is 2. The van der Waals surface area contributed by atoms with E-state index >= 15 is 0 Å². The Morgan fingerprint density at radius 2 is 1.85 bits per heavy atom. The van der Waals surface area contributed by atoms with Gasteiger partial charge in [0.05, 0.1) is 21.5 Å². The number of carboxylic acids is 1. The van der Waals surface area contributed by atoms with Crippen molar-refractivity contribution < 1.29 is 14.7 Å². The lowest BCUT2D eigenvalue weighted by atomic mass is 10.1. The van der Waals surface area contributed by atoms with E-state index in [4.69, 9.17) is 28.3 Å². The zero-order valence-electron chi connectivity index (χ0n) is 11.0. The van der Waals surface area contributed by atoms with Crippen molar-refractivity contribution >= 4 is 52.5 Å². The number of thioether (sulfide) groups is 1. The molecule has 0 aliphatic carbocycles. The number of benzene rings is 1. The Labute approximate surface area is 131 Å². The maximum Gasteiger partial charge on any atom is 0.316 e. The van der Waals surface area contributed by atoms with E-state index in [0.29, 0.717) is 15.7 Å². The minimum absolute atomic E-state index is 0.0245. The average Bonchev–Trinajstić information content (AvgIpc) is 2.33. The Balaban J connectivity index is 2.62. The van der Waals surface area contributed by atoms with Gasteiger partial charge in [0.15, 0.2) is 0 Å². The van der Waals surface area contributed by atoms with Gasteiger partial charge in [0, 0.05) is 0 Å². The van der Waals surface area contributed by atoms with Crippen molar-refractivity contribution in [3.05, 3.63) is 28.2 Å². The molecule has 0 aromatic heterocycles. The number of rotatable bonds is 6. The Hall–Kier alpha value is -0.910. The van der Waals surface area contributed by atoms with Crippen molar-refractivity contribution in [2.45, 2.75) is 19.1 Å². The van der Waals surface area contributed by atoms with Gasteiger partial charge in [-0.25, -0.2) is 0 Å². The second-order valence-corrected chi connectivity index (χ2v) is 6.40. The number of amides is 1. The quantitative estimate of drug-likeness (QED) is 0.830. The molecule has 0 fully saturated rings. The minimum Gasteiger partial charge on any atom is -0.480 e. The van der Waals surface area contributed by atoms with Crippen LogP contribution in [0.3, 0.4) is 0 Å². The molecule has 1 aromatic carbocycles. The molecule has 0 saturated heterocycles. The zero-order chi connectivity index (χ0) is 15.3. The SMILES string of the molecule is CC(C)C(SCC(=O)Nc1c(Cl)cccc1Cl)C(=O)O. The van der Waals surface area contributed by atoms with Crippen LogP contribution in [0.15, 0.2) is 18.2 Å². The predicted molar refractivity (Wildman–Crippen MR) is 83.8 cm³/mol. The van der Waals surface area contributed by atoms with Crippen molar-refractivity contribution in [3.63, 3.8) is 0 Å². The van der Waals surface area contributed by atoms with Gasteiger partial charge in [-0.1, -0.05) is 43.1 Å². The summed E-state index contributed by atoms with van der Waals surface area (Å²) >= 11 is 13.0. The first-order valence-electron chi connectivity index (χ1n) is 5.91. The van der Waals surface area contributed by atoms with Gasteiger partial charge in [0.1, 0.15) is 5.25 Å². The van der Waals surface area contributed by atoms with E-state index in [1.54, 1.807) is 32.0 Å². The molecule has 110 valence electrons. The summed E-state index contributed by atoms with van der Waals surface area (Å²) in [4.78, 5) is 22.8. The molecule has 0 aliphatic rings. The number of carboxylic acid groups (broad SMARTS) is 1. The van der Waals surface area contributed by atoms with Crippen LogP contribution in [-0.2, 0) is 9.59 Å². The zero-order valence-corrected chi connectivity index (χ0v) is 13.4. The fourth-order valence-electron chi connectivity index (χ4n) is 1.51. The molecule has 1 atom stereocenters. The molecular formula is C13H15Cl2NO3S. The van der Waals surface area contributed by atoms with Crippen LogP contribution in [0.4, 0.5) is 5.69 Å². The maximum atomic E-state index is 11.8. The average molecular weight is 336 g/mol. The van der Waals surface area contributed by atoms with Gasteiger partial charge in [-0.3, -0.25) is 9.59 Å². The topological polar surface area (TPSA) is 66.4 Å². The van der Waals surface area contributed by atoms with Gasteiger partial charge >= 0.3 is 5.97 Å². The van der Waals surface area contributed by atoms with Crippen molar-refractivity contribution in [2.24, 2.45) is 5.92 Å². The number of para-hydroxylation sites is 1. The van der Waals surface area contributed by atoms with Crippen molar-refractivity contribution in [1.29, 1.82) is 0 Å². The molecule has 0 saturated carbocycles. The first kappa shape index (κ1) is 17.1. The first-order chi connectivity index (χ1) is 9.32. The second kappa shape index (κ2) is 7.76. The number of hydrogen-bond acceptors (Lipinski definition) is 3. The normalized spacial score (nSPS) is 12.2. The Bertz CT molecular complexity index is 488. The smallest absolute Gasteiger partial charge is 0.316 e. The van der Waals surface area contributed by atoms with E-state index in [1.807, 2.05) is 0 Å². The van der Waals surface area contributed by atoms with Gasteiger partial charge < -0.3 is 10.4 Å². The summed E-state index contributed by atoms with van der Waals surface area (Å²) in [6.45, 7) is 3.60. The van der Waals surface area contributed by atoms with Crippen LogP contribution in [0.1, 0.15) is 13.8 Å². The predicted octanol–water partition coefficient (Wildman–Crippen LogP) is 3.77. The first-order valence-corrected chi connectivity index (χ1v) is 7.71. The molecule has 0 bridgehead atoms. The number of carbonyl (C=O) groups excluding carboxylic acids is 1. The molecular weight excluding hydrogens is 321 g/mol. The molecule has 4 nitrogen and oxygen atoms in total. The largest absolute Gasteiger partial charge is 0.480 e. The molecule has 1 amide bonds. The summed E-state index contributed by atoms with van der Waals surface area (Å²) in [7, 11) is 0. The summed E-state index contributed by atoms with van der Waals surface area (Å²) in [5, 5.41) is 11.7. The molecule has 1 unspecified atom stereocenters. The summed E-state index contributed by atoms with van der Waals surface area (Å²) in [6.07, 6.45) is 0. The summed E-state index contributed by atoms with van der Waals surface area (Å²) in [6, 6.07) is 4.91. The van der Waals surface area contributed by atoms with Gasteiger partial charge in [-0.15, -0.1) is 11.8 Å². The Morgan fingerprint density at radius 3 is 2.30 bits per heavy atom. The number of anilines is 1. The van der Waals surface area contributed by atoms with Gasteiger partial charge in [-0.2, -0.15) is 0 Å². The van der Waals surface area contributed by atoms with E-state index in [-0.39, 0.29) is 17.6 Å². The van der Waals surface area contributed by atoms with Crippen molar-refractivity contribution in [3.8, 4) is 0 Å². The van der Waals surface area contributed by atoms with Crippen LogP contribution in [-0.4, -0.2) is 28.0 Å². The van der Waals surface area contributed by atoms with Gasteiger partial charge in [0.25, 0.3) is 0 Å². The molecule has 1 rings (SSSR count). The van der Waals surface area contributed by atoms with E-state index < -0.39 is 11.2 Å². The molecule has 0 radical (unpaired) electrons. The maximum absolute atomic E-state index is 11.8. The second-order valence-electron chi connectivity index (χ2n) is 4.46. The fraction of sp³-hybridized carbons (Fsp3) is 0.385. The van der Waals surface area contributed by atoms with Crippen LogP contribution in [0.5, 0.6) is 0 Å². The summed E-state index contributed by atoms with van der Waals surface area (Å²) in [5.41, 5.74) is 0.345. The third kappa shape index (κ3) is 4.89. The standard InChI is InChI=1S/C13H15Cl2NO3S/c1-7(2)12(13(18)19)20-6-10(17)16-11-8(14)4-3-5-9(11)15/h3-5,7,12H,6H2,1-2H3,(H,16,17)(H,18,19). The Morgan fingerprint density at radius 1 is 1.30 bits per heavy atom. The third-order valence-corrected chi connectivity index (χ3v) is 4.63. The van der Waals surface area contributed by atoms with Crippen LogP contribution in [0, 0.1) is 5.92 Å². The van der Waals surface area contributed by atoms with Crippen LogP contribution >= 0.6 is 35.0 Å². The third-order valence-electron chi connectivity index (χ3n) is 2.47. The van der Waals surface area contributed by atoms with E-state index in [1.165, 1.54) is 0 Å². The number of nitrogens with one attached hydrogen (secondary N) is 1. The Kier molecular flexibility index (Phi) is 6.65. The van der Waals surface area contributed by atoms with Crippen molar-refractivity contribution in [1.82, 2.24) is 0 Å². The molecule has 1 aromatic rings. The highest BCUT2D eigenvalue weighted by atomic mass is 35.5. The lowest BCUT2D eigenvalue weighted by molar-refractivity contribution is -0.137. The molecule has 2 N–H and O–H groups in total. The van der Waals surface area contributed by atoms with Crippen LogP contribution in [0.2, 0.25) is 10.0 Å². The van der Waals surface area contributed by atoms with E-state index in [2.05, 4.69) is 5.32 Å². The molecule has 7 heteroatoms. The summed E-state index contributed by atoms with van der Waals surface area (Å²) in [5.74, 6) is -1.30. The van der Waals surface area contributed by atoms with E-state index in [0.717, 1.165) is 11.8 Å². The number of hydrogen-bond donors (Lipinski definition) is 2. The summed E-state index contributed by atoms with van der Waals surface area (Å²) < 4.78 is 0. The fourth-order valence-corrected chi connectivity index (χ4v) is 2.93. The molecule has 0 spiro atoms. The monoisotopic (exact) mass is 335 g/mol. The van der Waals surface area contributed by atoms with E-state index in [9.17, 15) is 9.59 Å². The molecule has 20 heavy (non-hydrogen) atoms. The molecule has 0 aliphatic heterocycles. The highest BCUT2D eigenvalue weighted by molar-refractivity contribution is 8.01. The molecule has 0 heterocycles. The lowest BCUT2D eigenvalue weighted by Crippen LogP contribution is -2.25. The number of aliphatic carboxylic acids is 1. The van der Waals surface area contributed by atoms with Crippen molar-refractivity contribution in [2.75, 3.05) is 11.1 Å². The number of carbonyl (C=O) groups is 2. The van der Waals surface area contributed by atoms with Gasteiger partial charge in [0.2, 0.25) is 5.91 Å². The lowest BCUT2D eigenvalue weighted by Gasteiger charge is -2.15. The van der Waals surface area contributed by atoms with Crippen LogP contribution < -0.4 is 5.32 Å². The minimum atomic E-state index is -0.923. The highest BCUT2D eigenvalue weighted by Crippen LogP contribution is 2.30. The van der Waals surface area contributed by atoms with Crippen LogP contribution in [0.25, 0.3) is 0 Å². The van der Waals surface area contributed by atoms with Gasteiger partial charge in [-0.05, 0) is 18.1 Å².